The SMILES string of the molecule is Clc1ccc(C2CCCCCC2Br)cc1. The Balaban J connectivity index is 2.16. The molecule has 2 rings (SSSR count). The summed E-state index contributed by atoms with van der Waals surface area (Å²) in [6, 6.07) is 8.35. The number of hydrogen-bond donors (Lipinski definition) is 0. The van der Waals surface area contributed by atoms with Gasteiger partial charge < -0.3 is 0 Å². The maximum atomic E-state index is 5.91. The van der Waals surface area contributed by atoms with E-state index in [-0.39, 0.29) is 0 Å². The molecular formula is C13H16BrCl. The van der Waals surface area contributed by atoms with Crippen molar-refractivity contribution in [3.05, 3.63) is 34.9 Å². The lowest BCUT2D eigenvalue weighted by Crippen LogP contribution is -2.10. The summed E-state index contributed by atoms with van der Waals surface area (Å²) in [6.45, 7) is 0. The highest BCUT2D eigenvalue weighted by molar-refractivity contribution is 9.09. The molecule has 1 aliphatic rings. The molecule has 15 heavy (non-hydrogen) atoms. The normalized spacial score (nSPS) is 27.3. The summed E-state index contributed by atoms with van der Waals surface area (Å²) in [5.41, 5.74) is 1.43. The molecule has 0 radical (unpaired) electrons. The monoisotopic (exact) mass is 286 g/mol. The van der Waals surface area contributed by atoms with Gasteiger partial charge >= 0.3 is 0 Å². The van der Waals surface area contributed by atoms with Crippen LogP contribution in [0, 0.1) is 0 Å². The van der Waals surface area contributed by atoms with E-state index in [9.17, 15) is 0 Å². The quantitative estimate of drug-likeness (QED) is 0.495. The number of rotatable bonds is 1. The molecule has 2 heteroatoms. The van der Waals surface area contributed by atoms with Gasteiger partial charge in [-0.1, -0.05) is 58.9 Å². The average molecular weight is 288 g/mol. The van der Waals surface area contributed by atoms with E-state index in [2.05, 4.69) is 28.1 Å². The minimum absolute atomic E-state index is 0.640. The van der Waals surface area contributed by atoms with Gasteiger partial charge in [0.05, 0.1) is 0 Å². The van der Waals surface area contributed by atoms with Crippen LogP contribution < -0.4 is 0 Å². The molecule has 82 valence electrons. The molecule has 1 fully saturated rings. The van der Waals surface area contributed by atoms with Crippen LogP contribution in [0.3, 0.4) is 0 Å². The largest absolute Gasteiger partial charge is 0.0884 e. The highest BCUT2D eigenvalue weighted by Gasteiger charge is 2.22. The molecular weight excluding hydrogens is 272 g/mol. The van der Waals surface area contributed by atoms with Crippen molar-refractivity contribution >= 4 is 27.5 Å². The van der Waals surface area contributed by atoms with Crippen LogP contribution in [-0.2, 0) is 0 Å². The third kappa shape index (κ3) is 2.98. The van der Waals surface area contributed by atoms with Crippen LogP contribution in [0.1, 0.15) is 43.6 Å². The zero-order valence-corrected chi connectivity index (χ0v) is 11.1. The van der Waals surface area contributed by atoms with Crippen LogP contribution in [0.2, 0.25) is 5.02 Å². The molecule has 1 saturated carbocycles. The lowest BCUT2D eigenvalue weighted by Gasteiger charge is -2.20. The smallest absolute Gasteiger partial charge is 0.0406 e. The first-order chi connectivity index (χ1) is 7.27. The van der Waals surface area contributed by atoms with Crippen molar-refractivity contribution in [2.75, 3.05) is 0 Å². The van der Waals surface area contributed by atoms with Crippen LogP contribution in [0.4, 0.5) is 0 Å². The second kappa shape index (κ2) is 5.36. The molecule has 0 amide bonds. The van der Waals surface area contributed by atoms with Gasteiger partial charge in [-0.25, -0.2) is 0 Å². The third-order valence-electron chi connectivity index (χ3n) is 3.23. The Morgan fingerprint density at radius 3 is 2.40 bits per heavy atom. The van der Waals surface area contributed by atoms with Gasteiger partial charge in [-0.3, -0.25) is 0 Å². The van der Waals surface area contributed by atoms with Crippen LogP contribution >= 0.6 is 27.5 Å². The molecule has 1 aromatic rings. The minimum atomic E-state index is 0.640. The van der Waals surface area contributed by atoms with Crippen molar-refractivity contribution in [2.24, 2.45) is 0 Å². The van der Waals surface area contributed by atoms with Crippen LogP contribution in [0.15, 0.2) is 24.3 Å². The van der Waals surface area contributed by atoms with Crippen molar-refractivity contribution < 1.29 is 0 Å². The van der Waals surface area contributed by atoms with Gasteiger partial charge in [0.2, 0.25) is 0 Å². The molecule has 1 aliphatic carbocycles. The highest BCUT2D eigenvalue weighted by Crippen LogP contribution is 2.36. The lowest BCUT2D eigenvalue weighted by atomic mass is 9.92. The number of halogens is 2. The predicted octanol–water partition coefficient (Wildman–Crippen LogP) is 5.15. The molecule has 0 aromatic heterocycles. The van der Waals surface area contributed by atoms with Crippen molar-refractivity contribution in [1.29, 1.82) is 0 Å². The maximum Gasteiger partial charge on any atom is 0.0406 e. The van der Waals surface area contributed by atoms with Gasteiger partial charge in [0, 0.05) is 9.85 Å². The van der Waals surface area contributed by atoms with Gasteiger partial charge in [0.25, 0.3) is 0 Å². The Hall–Kier alpha value is -0.0100. The second-order valence-corrected chi connectivity index (χ2v) is 5.92. The molecule has 0 bridgehead atoms. The van der Waals surface area contributed by atoms with E-state index in [1.807, 2.05) is 12.1 Å². The van der Waals surface area contributed by atoms with Gasteiger partial charge in [-0.15, -0.1) is 0 Å². The highest BCUT2D eigenvalue weighted by atomic mass is 79.9. The first-order valence-electron chi connectivity index (χ1n) is 5.67. The Morgan fingerprint density at radius 2 is 1.67 bits per heavy atom. The van der Waals surface area contributed by atoms with E-state index in [0.29, 0.717) is 10.7 Å². The van der Waals surface area contributed by atoms with Gasteiger partial charge in [0.15, 0.2) is 0 Å². The molecule has 0 nitrogen and oxygen atoms in total. The van der Waals surface area contributed by atoms with Crippen LogP contribution in [0.5, 0.6) is 0 Å². The minimum Gasteiger partial charge on any atom is -0.0884 e. The average Bonchev–Trinajstić information content (AvgIpc) is 2.44. The molecule has 1 aromatic carbocycles. The van der Waals surface area contributed by atoms with Crippen molar-refractivity contribution in [2.45, 2.75) is 42.8 Å². The fraction of sp³-hybridized carbons (Fsp3) is 0.538. The molecule has 0 spiro atoms. The molecule has 2 unspecified atom stereocenters. The maximum absolute atomic E-state index is 5.91. The summed E-state index contributed by atoms with van der Waals surface area (Å²) < 4.78 is 0. The van der Waals surface area contributed by atoms with Crippen LogP contribution in [0.25, 0.3) is 0 Å². The summed E-state index contributed by atoms with van der Waals surface area (Å²) in [4.78, 5) is 0.640. The summed E-state index contributed by atoms with van der Waals surface area (Å²) in [5.74, 6) is 0.671. The Labute approximate surface area is 105 Å². The Kier molecular flexibility index (Phi) is 4.10. The third-order valence-corrected chi connectivity index (χ3v) is 4.58. The Bertz CT molecular complexity index is 307. The summed E-state index contributed by atoms with van der Waals surface area (Å²) in [5, 5.41) is 0.832. The van der Waals surface area contributed by atoms with E-state index in [4.69, 9.17) is 11.6 Å². The van der Waals surface area contributed by atoms with Crippen molar-refractivity contribution in [3.8, 4) is 0 Å². The van der Waals surface area contributed by atoms with E-state index >= 15 is 0 Å². The first-order valence-corrected chi connectivity index (χ1v) is 6.96. The van der Waals surface area contributed by atoms with Crippen LogP contribution in [-0.4, -0.2) is 4.83 Å². The van der Waals surface area contributed by atoms with Gasteiger partial charge in [-0.2, -0.15) is 0 Å². The van der Waals surface area contributed by atoms with E-state index in [0.717, 1.165) is 5.02 Å². The zero-order valence-electron chi connectivity index (χ0n) is 8.76. The molecule has 0 heterocycles. The van der Waals surface area contributed by atoms with E-state index in [1.165, 1.54) is 37.7 Å². The summed E-state index contributed by atoms with van der Waals surface area (Å²) in [7, 11) is 0. The predicted molar refractivity (Wildman–Crippen MR) is 70.0 cm³/mol. The molecule has 2 atom stereocenters. The summed E-state index contributed by atoms with van der Waals surface area (Å²) in [6.07, 6.45) is 6.70. The van der Waals surface area contributed by atoms with Gasteiger partial charge in [-0.05, 0) is 36.5 Å². The fourth-order valence-corrected chi connectivity index (χ4v) is 3.37. The number of alkyl halides is 1. The number of hydrogen-bond acceptors (Lipinski definition) is 0. The summed E-state index contributed by atoms with van der Waals surface area (Å²) >= 11 is 9.73. The standard InChI is InChI=1S/C13H16BrCl/c14-13-5-3-1-2-4-12(13)10-6-8-11(15)9-7-10/h6-9,12-13H,1-5H2. The number of benzene rings is 1. The van der Waals surface area contributed by atoms with Crippen molar-refractivity contribution in [3.63, 3.8) is 0 Å². The molecule has 0 N–H and O–H groups in total. The van der Waals surface area contributed by atoms with E-state index < -0.39 is 0 Å². The van der Waals surface area contributed by atoms with E-state index in [1.54, 1.807) is 0 Å². The van der Waals surface area contributed by atoms with Crippen molar-refractivity contribution in [1.82, 2.24) is 0 Å². The molecule has 0 aliphatic heterocycles. The second-order valence-electron chi connectivity index (χ2n) is 4.31. The fourth-order valence-electron chi connectivity index (χ4n) is 2.35. The Morgan fingerprint density at radius 1 is 1.00 bits per heavy atom. The zero-order chi connectivity index (χ0) is 10.7. The molecule has 0 saturated heterocycles. The first kappa shape index (κ1) is 11.5. The topological polar surface area (TPSA) is 0 Å². The lowest BCUT2D eigenvalue weighted by molar-refractivity contribution is 0.612. The van der Waals surface area contributed by atoms with Gasteiger partial charge in [0.1, 0.15) is 0 Å².